The molecule has 30 heavy (non-hydrogen) atoms. The molecule has 0 aliphatic carbocycles. The molecular weight excluding hydrogens is 404 g/mol. The summed E-state index contributed by atoms with van der Waals surface area (Å²) >= 11 is 0. The number of benzene rings is 2. The zero-order chi connectivity index (χ0) is 21.7. The van der Waals surface area contributed by atoms with E-state index >= 15 is 0 Å². The fourth-order valence-corrected chi connectivity index (χ4v) is 4.70. The molecule has 0 spiro atoms. The first-order valence-corrected chi connectivity index (χ1v) is 11.1. The number of sulfonamides is 1. The summed E-state index contributed by atoms with van der Waals surface area (Å²) in [5, 5.41) is 2.82. The minimum absolute atomic E-state index is 0.158. The lowest BCUT2D eigenvalue weighted by Crippen LogP contribution is -2.50. The highest BCUT2D eigenvalue weighted by molar-refractivity contribution is 7.89. The van der Waals surface area contributed by atoms with E-state index in [1.54, 1.807) is 48.5 Å². The van der Waals surface area contributed by atoms with Crippen molar-refractivity contribution in [3.8, 4) is 0 Å². The number of hydrogen-bond acceptors (Lipinski definition) is 5. The van der Waals surface area contributed by atoms with Crippen LogP contribution in [0.5, 0.6) is 0 Å². The smallest absolute Gasteiger partial charge is 0.248 e. The third kappa shape index (κ3) is 5.44. The van der Waals surface area contributed by atoms with Crippen LogP contribution >= 0.6 is 0 Å². The van der Waals surface area contributed by atoms with Crippen LogP contribution < -0.4 is 11.1 Å². The van der Waals surface area contributed by atoms with Gasteiger partial charge in [-0.25, -0.2) is 8.42 Å². The molecule has 0 atom stereocenters. The number of rotatable bonds is 7. The van der Waals surface area contributed by atoms with Gasteiger partial charge in [-0.15, -0.1) is 0 Å². The summed E-state index contributed by atoms with van der Waals surface area (Å²) in [6.07, 6.45) is 0. The van der Waals surface area contributed by atoms with Gasteiger partial charge in [0.2, 0.25) is 21.8 Å². The summed E-state index contributed by atoms with van der Waals surface area (Å²) in [7, 11) is -3.52. The van der Waals surface area contributed by atoms with E-state index in [1.165, 1.54) is 4.31 Å². The van der Waals surface area contributed by atoms with Crippen LogP contribution in [0, 0.1) is 6.92 Å². The Morgan fingerprint density at radius 1 is 1.03 bits per heavy atom. The fraction of sp³-hybridized carbons (Fsp3) is 0.333. The van der Waals surface area contributed by atoms with Crippen molar-refractivity contribution in [3.63, 3.8) is 0 Å². The lowest BCUT2D eigenvalue weighted by atomic mass is 10.1. The van der Waals surface area contributed by atoms with Crippen LogP contribution in [0.1, 0.15) is 21.5 Å². The molecule has 9 heteroatoms. The third-order valence-corrected chi connectivity index (χ3v) is 6.97. The molecular formula is C21H26N4O4S. The van der Waals surface area contributed by atoms with Crippen LogP contribution in [0.4, 0.5) is 0 Å². The lowest BCUT2D eigenvalue weighted by molar-refractivity contribution is -0.122. The second kappa shape index (κ2) is 9.38. The average Bonchev–Trinajstić information content (AvgIpc) is 2.73. The first-order valence-electron chi connectivity index (χ1n) is 9.70. The summed E-state index contributed by atoms with van der Waals surface area (Å²) in [6.45, 7) is 4.03. The highest BCUT2D eigenvalue weighted by Gasteiger charge is 2.28. The average molecular weight is 431 g/mol. The van der Waals surface area contributed by atoms with E-state index in [4.69, 9.17) is 5.73 Å². The summed E-state index contributed by atoms with van der Waals surface area (Å²) in [5.74, 6) is -0.670. The Bertz CT molecular complexity index is 1010. The number of nitrogens with two attached hydrogens (primary N) is 1. The summed E-state index contributed by atoms with van der Waals surface area (Å²) < 4.78 is 27.0. The molecule has 0 radical (unpaired) electrons. The Balaban J connectivity index is 1.48. The van der Waals surface area contributed by atoms with E-state index in [1.807, 2.05) is 11.8 Å². The van der Waals surface area contributed by atoms with Crippen LogP contribution in [0.15, 0.2) is 53.4 Å². The second-order valence-electron chi connectivity index (χ2n) is 7.33. The van der Waals surface area contributed by atoms with E-state index < -0.39 is 15.9 Å². The molecule has 0 aromatic heterocycles. The van der Waals surface area contributed by atoms with Gasteiger partial charge < -0.3 is 11.1 Å². The Morgan fingerprint density at radius 2 is 1.70 bits per heavy atom. The SMILES string of the molecule is Cc1ccc(S(=O)(=O)N2CCN(CC(=O)NCc3cccc(C(N)=O)c3)CC2)cc1. The normalized spacial score (nSPS) is 15.6. The van der Waals surface area contributed by atoms with Crippen LogP contribution in [0.25, 0.3) is 0 Å². The van der Waals surface area contributed by atoms with Gasteiger partial charge in [-0.05, 0) is 36.8 Å². The summed E-state index contributed by atoms with van der Waals surface area (Å²) in [5.41, 5.74) is 7.46. The molecule has 1 saturated heterocycles. The van der Waals surface area contributed by atoms with Gasteiger partial charge in [0.15, 0.2) is 0 Å². The van der Waals surface area contributed by atoms with E-state index in [-0.39, 0.29) is 17.3 Å². The zero-order valence-corrected chi connectivity index (χ0v) is 17.7. The van der Waals surface area contributed by atoms with Gasteiger partial charge in [0.05, 0.1) is 11.4 Å². The molecule has 2 amide bonds. The number of nitrogens with one attached hydrogen (secondary N) is 1. The topological polar surface area (TPSA) is 113 Å². The molecule has 160 valence electrons. The fourth-order valence-electron chi connectivity index (χ4n) is 3.28. The minimum Gasteiger partial charge on any atom is -0.366 e. The van der Waals surface area contributed by atoms with E-state index in [2.05, 4.69) is 5.32 Å². The zero-order valence-electron chi connectivity index (χ0n) is 16.9. The maximum atomic E-state index is 12.8. The largest absolute Gasteiger partial charge is 0.366 e. The molecule has 0 unspecified atom stereocenters. The molecule has 1 fully saturated rings. The van der Waals surface area contributed by atoms with E-state index in [0.29, 0.717) is 38.3 Å². The number of carbonyl (C=O) groups excluding carboxylic acids is 2. The van der Waals surface area contributed by atoms with Crippen molar-refractivity contribution >= 4 is 21.8 Å². The van der Waals surface area contributed by atoms with Gasteiger partial charge in [0.25, 0.3) is 0 Å². The van der Waals surface area contributed by atoms with Crippen molar-refractivity contribution in [2.75, 3.05) is 32.7 Å². The van der Waals surface area contributed by atoms with Gasteiger partial charge in [-0.2, -0.15) is 4.31 Å². The van der Waals surface area contributed by atoms with Gasteiger partial charge in [-0.1, -0.05) is 29.8 Å². The van der Waals surface area contributed by atoms with Crippen molar-refractivity contribution in [3.05, 3.63) is 65.2 Å². The van der Waals surface area contributed by atoms with Crippen molar-refractivity contribution in [1.82, 2.24) is 14.5 Å². The van der Waals surface area contributed by atoms with Gasteiger partial charge in [0.1, 0.15) is 0 Å². The van der Waals surface area contributed by atoms with Crippen molar-refractivity contribution in [2.24, 2.45) is 5.73 Å². The molecule has 0 saturated carbocycles. The maximum absolute atomic E-state index is 12.8. The first kappa shape index (κ1) is 21.9. The Morgan fingerprint density at radius 3 is 2.33 bits per heavy atom. The number of amides is 2. The van der Waals surface area contributed by atoms with E-state index in [0.717, 1.165) is 11.1 Å². The summed E-state index contributed by atoms with van der Waals surface area (Å²) in [4.78, 5) is 25.7. The highest BCUT2D eigenvalue weighted by atomic mass is 32.2. The first-order chi connectivity index (χ1) is 14.3. The molecule has 1 aliphatic rings. The number of piperazine rings is 1. The molecule has 2 aromatic carbocycles. The van der Waals surface area contributed by atoms with Crippen molar-refractivity contribution in [2.45, 2.75) is 18.4 Å². The quantitative estimate of drug-likeness (QED) is 0.672. The van der Waals surface area contributed by atoms with E-state index in [9.17, 15) is 18.0 Å². The lowest BCUT2D eigenvalue weighted by Gasteiger charge is -2.33. The van der Waals surface area contributed by atoms with Gasteiger partial charge in [-0.3, -0.25) is 14.5 Å². The van der Waals surface area contributed by atoms with Gasteiger partial charge >= 0.3 is 0 Å². The molecule has 3 rings (SSSR count). The Labute approximate surface area is 176 Å². The van der Waals surface area contributed by atoms with Crippen molar-refractivity contribution in [1.29, 1.82) is 0 Å². The van der Waals surface area contributed by atoms with Crippen molar-refractivity contribution < 1.29 is 18.0 Å². The molecule has 8 nitrogen and oxygen atoms in total. The number of primary amides is 1. The predicted octanol–water partition coefficient (Wildman–Crippen LogP) is 0.717. The highest BCUT2D eigenvalue weighted by Crippen LogP contribution is 2.18. The second-order valence-corrected chi connectivity index (χ2v) is 9.27. The predicted molar refractivity (Wildman–Crippen MR) is 113 cm³/mol. The number of carbonyl (C=O) groups is 2. The maximum Gasteiger partial charge on any atom is 0.248 e. The van der Waals surface area contributed by atoms with Crippen LogP contribution in [0.3, 0.4) is 0 Å². The Hall–Kier alpha value is -2.75. The molecule has 1 aliphatic heterocycles. The number of hydrogen-bond donors (Lipinski definition) is 2. The Kier molecular flexibility index (Phi) is 6.86. The number of aryl methyl sites for hydroxylation is 1. The number of nitrogens with zero attached hydrogens (tertiary/aromatic N) is 2. The molecule has 0 bridgehead atoms. The third-order valence-electron chi connectivity index (χ3n) is 5.06. The van der Waals surface area contributed by atoms with Crippen LogP contribution in [0.2, 0.25) is 0 Å². The van der Waals surface area contributed by atoms with Crippen LogP contribution in [-0.4, -0.2) is 62.2 Å². The van der Waals surface area contributed by atoms with Crippen LogP contribution in [-0.2, 0) is 21.4 Å². The molecule has 3 N–H and O–H groups in total. The standard InChI is InChI=1S/C21H26N4O4S/c1-16-5-7-19(8-6-16)30(28,29)25-11-9-24(10-12-25)15-20(26)23-14-17-3-2-4-18(13-17)21(22)27/h2-8,13H,9-12,14-15H2,1H3,(H2,22,27)(H,23,26). The minimum atomic E-state index is -3.52. The molecule has 2 aromatic rings. The summed E-state index contributed by atoms with van der Waals surface area (Å²) in [6, 6.07) is 13.6. The van der Waals surface area contributed by atoms with Gasteiger partial charge in [0, 0.05) is 38.3 Å². The molecule has 1 heterocycles. The monoisotopic (exact) mass is 430 g/mol.